The average Bonchev–Trinajstić information content (AvgIpc) is 2.43. The van der Waals surface area contributed by atoms with Crippen molar-refractivity contribution in [2.75, 3.05) is 31.7 Å². The molecule has 1 aromatic rings. The highest BCUT2D eigenvalue weighted by Crippen LogP contribution is 2.16. The largest absolute Gasteiger partial charge is 0.489 e. The summed E-state index contributed by atoms with van der Waals surface area (Å²) in [5.41, 5.74) is 0.422. The SMILES string of the molecule is CS(=O)(=O)CCCNCC(O)COc1ccccc1C#N. The van der Waals surface area contributed by atoms with Gasteiger partial charge in [0.2, 0.25) is 0 Å². The first kappa shape index (κ1) is 17.4. The first-order valence-corrected chi connectivity index (χ1v) is 8.67. The normalized spacial score (nSPS) is 12.6. The van der Waals surface area contributed by atoms with Gasteiger partial charge in [-0.1, -0.05) is 12.1 Å². The van der Waals surface area contributed by atoms with Gasteiger partial charge in [-0.2, -0.15) is 5.26 Å². The number of ether oxygens (including phenoxy) is 1. The lowest BCUT2D eigenvalue weighted by Gasteiger charge is -2.13. The number of nitrogens with zero attached hydrogens (tertiary/aromatic N) is 1. The van der Waals surface area contributed by atoms with Crippen LogP contribution in [-0.4, -0.2) is 51.3 Å². The van der Waals surface area contributed by atoms with E-state index in [1.54, 1.807) is 24.3 Å². The minimum absolute atomic E-state index is 0.0672. The van der Waals surface area contributed by atoms with E-state index in [4.69, 9.17) is 10.00 Å². The molecule has 0 aliphatic carbocycles. The first-order valence-electron chi connectivity index (χ1n) is 6.61. The van der Waals surface area contributed by atoms with Crippen molar-refractivity contribution in [3.63, 3.8) is 0 Å². The molecule has 0 aromatic heterocycles. The molecule has 0 fully saturated rings. The molecule has 0 amide bonds. The number of hydrogen-bond acceptors (Lipinski definition) is 6. The highest BCUT2D eigenvalue weighted by molar-refractivity contribution is 7.90. The Balaban J connectivity index is 2.23. The van der Waals surface area contributed by atoms with Crippen molar-refractivity contribution in [3.8, 4) is 11.8 Å². The summed E-state index contributed by atoms with van der Waals surface area (Å²) in [5.74, 6) is 0.568. The summed E-state index contributed by atoms with van der Waals surface area (Å²) in [4.78, 5) is 0. The predicted octanol–water partition coefficient (Wildman–Crippen LogP) is 0.322. The van der Waals surface area contributed by atoms with E-state index in [0.717, 1.165) is 0 Å². The van der Waals surface area contributed by atoms with Crippen LogP contribution in [0.15, 0.2) is 24.3 Å². The summed E-state index contributed by atoms with van der Waals surface area (Å²) in [6.07, 6.45) is 0.974. The van der Waals surface area contributed by atoms with Crippen LogP contribution in [0.5, 0.6) is 5.75 Å². The summed E-state index contributed by atoms with van der Waals surface area (Å²) < 4.78 is 27.2. The summed E-state index contributed by atoms with van der Waals surface area (Å²) in [7, 11) is -2.94. The average molecular weight is 312 g/mol. The highest BCUT2D eigenvalue weighted by Gasteiger charge is 2.08. The van der Waals surface area contributed by atoms with Crippen molar-refractivity contribution in [2.24, 2.45) is 0 Å². The van der Waals surface area contributed by atoms with E-state index >= 15 is 0 Å². The van der Waals surface area contributed by atoms with Gasteiger partial charge >= 0.3 is 0 Å². The number of aliphatic hydroxyl groups is 1. The number of nitrogens with one attached hydrogen (secondary N) is 1. The van der Waals surface area contributed by atoms with Crippen LogP contribution in [0.1, 0.15) is 12.0 Å². The molecule has 1 unspecified atom stereocenters. The Morgan fingerprint density at radius 2 is 2.14 bits per heavy atom. The number of rotatable bonds is 9. The van der Waals surface area contributed by atoms with Gasteiger partial charge < -0.3 is 15.2 Å². The van der Waals surface area contributed by atoms with Gasteiger partial charge in [0.05, 0.1) is 11.3 Å². The molecule has 1 aromatic carbocycles. The van der Waals surface area contributed by atoms with Crippen LogP contribution in [0.2, 0.25) is 0 Å². The van der Waals surface area contributed by atoms with Crippen LogP contribution >= 0.6 is 0 Å². The van der Waals surface area contributed by atoms with Crippen LogP contribution < -0.4 is 10.1 Å². The number of aliphatic hydroxyl groups excluding tert-OH is 1. The second-order valence-corrected chi connectivity index (χ2v) is 7.02. The van der Waals surface area contributed by atoms with Gasteiger partial charge in [0.15, 0.2) is 0 Å². The van der Waals surface area contributed by atoms with E-state index < -0.39 is 15.9 Å². The zero-order chi connectivity index (χ0) is 15.7. The van der Waals surface area contributed by atoms with Gasteiger partial charge in [0.25, 0.3) is 0 Å². The molecular formula is C14H20N2O4S. The molecule has 21 heavy (non-hydrogen) atoms. The van der Waals surface area contributed by atoms with E-state index in [9.17, 15) is 13.5 Å². The molecule has 0 aliphatic rings. The van der Waals surface area contributed by atoms with Crippen molar-refractivity contribution in [2.45, 2.75) is 12.5 Å². The Kier molecular flexibility index (Phi) is 7.15. The molecule has 1 atom stereocenters. The van der Waals surface area contributed by atoms with Crippen molar-refractivity contribution in [3.05, 3.63) is 29.8 Å². The second kappa shape index (κ2) is 8.62. The number of benzene rings is 1. The molecule has 7 heteroatoms. The van der Waals surface area contributed by atoms with Gasteiger partial charge in [-0.3, -0.25) is 0 Å². The summed E-state index contributed by atoms with van der Waals surface area (Å²) in [6.45, 7) is 0.884. The maximum Gasteiger partial charge on any atom is 0.147 e. The lowest BCUT2D eigenvalue weighted by molar-refractivity contribution is 0.106. The van der Waals surface area contributed by atoms with Crippen LogP contribution in [0.4, 0.5) is 0 Å². The van der Waals surface area contributed by atoms with Gasteiger partial charge in [-0.25, -0.2) is 8.42 Å². The number of hydrogen-bond donors (Lipinski definition) is 2. The molecule has 0 aliphatic heterocycles. The third-order valence-corrected chi connectivity index (χ3v) is 3.72. The number of sulfone groups is 1. The summed E-state index contributed by atoms with van der Waals surface area (Å²) in [5, 5.41) is 21.6. The quantitative estimate of drug-likeness (QED) is 0.637. The topological polar surface area (TPSA) is 99.4 Å². The fourth-order valence-electron chi connectivity index (χ4n) is 1.66. The van der Waals surface area contributed by atoms with Crippen molar-refractivity contribution < 1.29 is 18.3 Å². The van der Waals surface area contributed by atoms with E-state index in [0.29, 0.717) is 30.8 Å². The Morgan fingerprint density at radius 1 is 1.43 bits per heavy atom. The number of nitriles is 1. The maximum atomic E-state index is 10.9. The molecule has 0 saturated heterocycles. The Bertz CT molecular complexity index is 581. The van der Waals surface area contributed by atoms with Crippen LogP contribution in [0, 0.1) is 11.3 Å². The van der Waals surface area contributed by atoms with Crippen molar-refractivity contribution >= 4 is 9.84 Å². The third-order valence-electron chi connectivity index (χ3n) is 2.69. The minimum atomic E-state index is -2.94. The summed E-state index contributed by atoms with van der Waals surface area (Å²) >= 11 is 0. The van der Waals surface area contributed by atoms with E-state index in [-0.39, 0.29) is 12.4 Å². The Morgan fingerprint density at radius 3 is 2.81 bits per heavy atom. The smallest absolute Gasteiger partial charge is 0.147 e. The van der Waals surface area contributed by atoms with Crippen molar-refractivity contribution in [1.82, 2.24) is 5.32 Å². The molecule has 116 valence electrons. The molecule has 0 spiro atoms. The Labute approximate surface area is 125 Å². The second-order valence-electron chi connectivity index (χ2n) is 4.76. The van der Waals surface area contributed by atoms with E-state index in [1.165, 1.54) is 6.26 Å². The molecule has 2 N–H and O–H groups in total. The lowest BCUT2D eigenvalue weighted by Crippen LogP contribution is -2.32. The predicted molar refractivity (Wildman–Crippen MR) is 79.9 cm³/mol. The van der Waals surface area contributed by atoms with Gasteiger partial charge in [0.1, 0.15) is 34.4 Å². The number of para-hydroxylation sites is 1. The molecule has 0 saturated carbocycles. The van der Waals surface area contributed by atoms with E-state index in [2.05, 4.69) is 5.32 Å². The molecule has 1 rings (SSSR count). The van der Waals surface area contributed by atoms with Crippen molar-refractivity contribution in [1.29, 1.82) is 5.26 Å². The molecule has 0 heterocycles. The van der Waals surface area contributed by atoms with E-state index in [1.807, 2.05) is 6.07 Å². The third kappa shape index (κ3) is 7.66. The minimum Gasteiger partial charge on any atom is -0.489 e. The van der Waals surface area contributed by atoms with Gasteiger partial charge in [-0.05, 0) is 25.1 Å². The molecule has 0 radical (unpaired) electrons. The fraction of sp³-hybridized carbons (Fsp3) is 0.500. The maximum absolute atomic E-state index is 10.9. The van der Waals surface area contributed by atoms with Crippen LogP contribution in [0.3, 0.4) is 0 Å². The summed E-state index contributed by atoms with van der Waals surface area (Å²) in [6, 6.07) is 8.83. The fourth-order valence-corrected chi connectivity index (χ4v) is 2.33. The molecule has 6 nitrogen and oxygen atoms in total. The molecular weight excluding hydrogens is 292 g/mol. The first-order chi connectivity index (χ1) is 9.92. The standard InChI is InChI=1S/C14H20N2O4S/c1-21(18,19)8-4-7-16-10-13(17)11-20-14-6-3-2-5-12(14)9-15/h2-3,5-6,13,16-17H,4,7-8,10-11H2,1H3. The zero-order valence-electron chi connectivity index (χ0n) is 11.9. The van der Waals surface area contributed by atoms with Gasteiger partial charge in [0, 0.05) is 12.8 Å². The lowest BCUT2D eigenvalue weighted by atomic mass is 10.2. The molecule has 0 bridgehead atoms. The van der Waals surface area contributed by atoms with Crippen LogP contribution in [0.25, 0.3) is 0 Å². The van der Waals surface area contributed by atoms with Crippen LogP contribution in [-0.2, 0) is 9.84 Å². The Hall–Kier alpha value is -1.62. The zero-order valence-corrected chi connectivity index (χ0v) is 12.8. The highest BCUT2D eigenvalue weighted by atomic mass is 32.2. The van der Waals surface area contributed by atoms with Gasteiger partial charge in [-0.15, -0.1) is 0 Å². The monoisotopic (exact) mass is 312 g/mol.